The van der Waals surface area contributed by atoms with Gasteiger partial charge < -0.3 is 5.11 Å². The standard InChI is InChI=1S/C11H11ClN2O/c12-11-3-1-9(2-4-11)6-14-7-10(8-15)5-13-14/h1-5,7,15H,6,8H2. The number of halogens is 1. The minimum atomic E-state index is 0.0284. The fourth-order valence-corrected chi connectivity index (χ4v) is 1.48. The number of nitrogens with zero attached hydrogens (tertiary/aromatic N) is 2. The lowest BCUT2D eigenvalue weighted by Gasteiger charge is -2.01. The van der Waals surface area contributed by atoms with E-state index >= 15 is 0 Å². The van der Waals surface area contributed by atoms with Crippen molar-refractivity contribution in [2.45, 2.75) is 13.2 Å². The van der Waals surface area contributed by atoms with Gasteiger partial charge in [-0.2, -0.15) is 5.10 Å². The number of aliphatic hydroxyl groups excluding tert-OH is 1. The first kappa shape index (κ1) is 10.2. The van der Waals surface area contributed by atoms with Gasteiger partial charge in [0, 0.05) is 16.8 Å². The minimum Gasteiger partial charge on any atom is -0.392 e. The zero-order chi connectivity index (χ0) is 10.7. The summed E-state index contributed by atoms with van der Waals surface area (Å²) in [6, 6.07) is 7.63. The van der Waals surface area contributed by atoms with Crippen LogP contribution in [0.3, 0.4) is 0 Å². The number of benzene rings is 1. The van der Waals surface area contributed by atoms with E-state index < -0.39 is 0 Å². The van der Waals surface area contributed by atoms with Crippen LogP contribution in [0.25, 0.3) is 0 Å². The van der Waals surface area contributed by atoms with Gasteiger partial charge in [0.25, 0.3) is 0 Å². The van der Waals surface area contributed by atoms with Crippen LogP contribution in [0.4, 0.5) is 0 Å². The Morgan fingerprint density at radius 3 is 2.53 bits per heavy atom. The molecule has 1 N–H and O–H groups in total. The van der Waals surface area contributed by atoms with Crippen molar-refractivity contribution < 1.29 is 5.11 Å². The third-order valence-electron chi connectivity index (χ3n) is 2.13. The summed E-state index contributed by atoms with van der Waals surface area (Å²) < 4.78 is 1.79. The van der Waals surface area contributed by atoms with E-state index in [0.717, 1.165) is 16.1 Å². The van der Waals surface area contributed by atoms with E-state index in [0.29, 0.717) is 6.54 Å². The van der Waals surface area contributed by atoms with Crippen LogP contribution in [0, 0.1) is 0 Å². The molecule has 1 aromatic carbocycles. The number of aromatic nitrogens is 2. The summed E-state index contributed by atoms with van der Waals surface area (Å²) >= 11 is 5.79. The average molecular weight is 223 g/mol. The fraction of sp³-hybridized carbons (Fsp3) is 0.182. The summed E-state index contributed by atoms with van der Waals surface area (Å²) in [5.41, 5.74) is 1.95. The Morgan fingerprint density at radius 1 is 1.20 bits per heavy atom. The molecule has 0 aliphatic heterocycles. The lowest BCUT2D eigenvalue weighted by atomic mass is 10.2. The van der Waals surface area contributed by atoms with Gasteiger partial charge in [-0.25, -0.2) is 0 Å². The highest BCUT2D eigenvalue weighted by Gasteiger charge is 1.98. The molecule has 0 fully saturated rings. The van der Waals surface area contributed by atoms with Crippen molar-refractivity contribution in [1.29, 1.82) is 0 Å². The molecular weight excluding hydrogens is 212 g/mol. The zero-order valence-corrected chi connectivity index (χ0v) is 8.85. The monoisotopic (exact) mass is 222 g/mol. The quantitative estimate of drug-likeness (QED) is 0.864. The number of hydrogen-bond donors (Lipinski definition) is 1. The molecule has 15 heavy (non-hydrogen) atoms. The molecule has 0 amide bonds. The highest BCUT2D eigenvalue weighted by molar-refractivity contribution is 6.30. The smallest absolute Gasteiger partial charge is 0.0712 e. The Kier molecular flexibility index (Phi) is 3.04. The molecule has 4 heteroatoms. The summed E-state index contributed by atoms with van der Waals surface area (Å²) in [6.45, 7) is 0.720. The van der Waals surface area contributed by atoms with E-state index in [4.69, 9.17) is 16.7 Å². The Balaban J connectivity index is 2.11. The zero-order valence-electron chi connectivity index (χ0n) is 8.10. The largest absolute Gasteiger partial charge is 0.392 e. The molecule has 0 saturated carbocycles. The molecule has 0 bridgehead atoms. The maximum atomic E-state index is 8.88. The first-order valence-corrected chi connectivity index (χ1v) is 5.02. The Labute approximate surface area is 92.9 Å². The van der Waals surface area contributed by atoms with E-state index in [-0.39, 0.29) is 6.61 Å². The van der Waals surface area contributed by atoms with Crippen LogP contribution in [0.2, 0.25) is 5.02 Å². The van der Waals surface area contributed by atoms with Crippen LogP contribution >= 0.6 is 11.6 Å². The molecule has 0 atom stereocenters. The average Bonchev–Trinajstić information content (AvgIpc) is 2.69. The van der Waals surface area contributed by atoms with Crippen molar-refractivity contribution in [2.24, 2.45) is 0 Å². The molecule has 78 valence electrons. The van der Waals surface area contributed by atoms with Crippen LogP contribution < -0.4 is 0 Å². The van der Waals surface area contributed by atoms with Gasteiger partial charge >= 0.3 is 0 Å². The summed E-state index contributed by atoms with van der Waals surface area (Å²) in [5.74, 6) is 0. The highest BCUT2D eigenvalue weighted by Crippen LogP contribution is 2.10. The third-order valence-corrected chi connectivity index (χ3v) is 2.38. The van der Waals surface area contributed by atoms with Crippen LogP contribution in [0.1, 0.15) is 11.1 Å². The second-order valence-corrected chi connectivity index (χ2v) is 3.77. The van der Waals surface area contributed by atoms with Gasteiger partial charge in [0.1, 0.15) is 0 Å². The van der Waals surface area contributed by atoms with Gasteiger partial charge in [-0.05, 0) is 17.7 Å². The summed E-state index contributed by atoms with van der Waals surface area (Å²) in [4.78, 5) is 0. The second-order valence-electron chi connectivity index (χ2n) is 3.33. The van der Waals surface area contributed by atoms with E-state index in [1.807, 2.05) is 30.5 Å². The molecule has 1 aromatic heterocycles. The van der Waals surface area contributed by atoms with E-state index in [1.165, 1.54) is 0 Å². The van der Waals surface area contributed by atoms with Crippen LogP contribution in [0.15, 0.2) is 36.7 Å². The second kappa shape index (κ2) is 4.47. The van der Waals surface area contributed by atoms with Gasteiger partial charge in [0.05, 0.1) is 19.3 Å². The van der Waals surface area contributed by atoms with E-state index in [1.54, 1.807) is 10.9 Å². The topological polar surface area (TPSA) is 38.1 Å². The van der Waals surface area contributed by atoms with Crippen molar-refractivity contribution in [1.82, 2.24) is 9.78 Å². The van der Waals surface area contributed by atoms with Crippen molar-refractivity contribution in [3.8, 4) is 0 Å². The normalized spacial score (nSPS) is 10.5. The molecule has 3 nitrogen and oxygen atoms in total. The predicted octanol–water partition coefficient (Wildman–Crippen LogP) is 2.08. The molecular formula is C11H11ClN2O. The van der Waals surface area contributed by atoms with Crippen molar-refractivity contribution in [3.05, 3.63) is 52.8 Å². The van der Waals surface area contributed by atoms with Crippen molar-refractivity contribution in [3.63, 3.8) is 0 Å². The summed E-state index contributed by atoms with van der Waals surface area (Å²) in [6.07, 6.45) is 3.49. The summed E-state index contributed by atoms with van der Waals surface area (Å²) in [5, 5.41) is 13.7. The third kappa shape index (κ3) is 2.58. The van der Waals surface area contributed by atoms with Gasteiger partial charge in [-0.1, -0.05) is 23.7 Å². The first-order valence-electron chi connectivity index (χ1n) is 4.64. The predicted molar refractivity (Wildman–Crippen MR) is 58.7 cm³/mol. The number of aliphatic hydroxyl groups is 1. The van der Waals surface area contributed by atoms with Crippen molar-refractivity contribution in [2.75, 3.05) is 0 Å². The maximum absolute atomic E-state index is 8.88. The van der Waals surface area contributed by atoms with E-state index in [9.17, 15) is 0 Å². The highest BCUT2D eigenvalue weighted by atomic mass is 35.5. The van der Waals surface area contributed by atoms with Gasteiger partial charge in [-0.3, -0.25) is 4.68 Å². The van der Waals surface area contributed by atoms with Crippen molar-refractivity contribution >= 4 is 11.6 Å². The molecule has 0 unspecified atom stereocenters. The van der Waals surface area contributed by atoms with E-state index in [2.05, 4.69) is 5.10 Å². The molecule has 0 aliphatic rings. The SMILES string of the molecule is OCc1cnn(Cc2ccc(Cl)cc2)c1. The van der Waals surface area contributed by atoms with Gasteiger partial charge in [-0.15, -0.1) is 0 Å². The van der Waals surface area contributed by atoms with Crippen LogP contribution in [-0.2, 0) is 13.2 Å². The number of hydrogen-bond acceptors (Lipinski definition) is 2. The van der Waals surface area contributed by atoms with Gasteiger partial charge in [0.2, 0.25) is 0 Å². The maximum Gasteiger partial charge on any atom is 0.0712 e. The summed E-state index contributed by atoms with van der Waals surface area (Å²) in [7, 11) is 0. The molecule has 0 radical (unpaired) electrons. The Morgan fingerprint density at radius 2 is 1.93 bits per heavy atom. The Hall–Kier alpha value is -1.32. The first-order chi connectivity index (χ1) is 7.28. The van der Waals surface area contributed by atoms with Gasteiger partial charge in [0.15, 0.2) is 0 Å². The Bertz CT molecular complexity index is 436. The lowest BCUT2D eigenvalue weighted by molar-refractivity contribution is 0.281. The number of rotatable bonds is 3. The fourth-order valence-electron chi connectivity index (χ4n) is 1.35. The minimum absolute atomic E-state index is 0.0284. The lowest BCUT2D eigenvalue weighted by Crippen LogP contribution is -1.99. The van der Waals surface area contributed by atoms with Crippen LogP contribution in [0.5, 0.6) is 0 Å². The molecule has 0 saturated heterocycles. The molecule has 1 heterocycles. The molecule has 2 rings (SSSR count). The molecule has 0 spiro atoms. The molecule has 2 aromatic rings. The molecule has 0 aliphatic carbocycles. The van der Waals surface area contributed by atoms with Crippen LogP contribution in [-0.4, -0.2) is 14.9 Å².